The van der Waals surface area contributed by atoms with Gasteiger partial charge < -0.3 is 10.2 Å². The Balaban J connectivity index is 1.84. The van der Waals surface area contributed by atoms with E-state index in [1.807, 2.05) is 79.7 Å². The average Bonchev–Trinajstić information content (AvgIpc) is 2.81. The lowest BCUT2D eigenvalue weighted by atomic mass is 10.0. The van der Waals surface area contributed by atoms with E-state index in [2.05, 4.69) is 10.3 Å². The molecule has 0 radical (unpaired) electrons. The first-order valence-corrected chi connectivity index (χ1v) is 10.2. The number of rotatable bonds is 9. The van der Waals surface area contributed by atoms with Crippen molar-refractivity contribution in [2.24, 2.45) is 0 Å². The van der Waals surface area contributed by atoms with E-state index < -0.39 is 6.04 Å². The molecule has 3 aromatic rings. The second-order valence-corrected chi connectivity index (χ2v) is 7.14. The van der Waals surface area contributed by atoms with Crippen molar-refractivity contribution in [3.63, 3.8) is 0 Å². The van der Waals surface area contributed by atoms with Gasteiger partial charge in [0, 0.05) is 38.3 Å². The number of pyridine rings is 1. The summed E-state index contributed by atoms with van der Waals surface area (Å²) in [5.41, 5.74) is 2.98. The third kappa shape index (κ3) is 6.01. The number of nitrogens with one attached hydrogen (secondary N) is 1. The van der Waals surface area contributed by atoms with E-state index in [9.17, 15) is 9.59 Å². The maximum atomic E-state index is 13.3. The Labute approximate surface area is 177 Å². The average molecular weight is 402 g/mol. The van der Waals surface area contributed by atoms with Crippen LogP contribution >= 0.6 is 0 Å². The highest BCUT2D eigenvalue weighted by molar-refractivity contribution is 5.87. The van der Waals surface area contributed by atoms with Crippen molar-refractivity contribution in [3.05, 3.63) is 102 Å². The Bertz CT molecular complexity index is 930. The largest absolute Gasteiger partial charge is 0.350 e. The van der Waals surface area contributed by atoms with E-state index >= 15 is 0 Å². The first-order chi connectivity index (χ1) is 14.7. The van der Waals surface area contributed by atoms with Gasteiger partial charge in [0.1, 0.15) is 6.04 Å². The summed E-state index contributed by atoms with van der Waals surface area (Å²) in [6, 6.07) is 22.7. The minimum Gasteiger partial charge on any atom is -0.350 e. The van der Waals surface area contributed by atoms with Crippen LogP contribution < -0.4 is 5.32 Å². The number of aromatic nitrogens is 1. The van der Waals surface area contributed by atoms with Crippen LogP contribution in [0.2, 0.25) is 0 Å². The van der Waals surface area contributed by atoms with Crippen molar-refractivity contribution in [1.29, 1.82) is 0 Å². The first kappa shape index (κ1) is 21.2. The molecule has 0 saturated carbocycles. The lowest BCUT2D eigenvalue weighted by Gasteiger charge is -2.31. The van der Waals surface area contributed by atoms with Crippen molar-refractivity contribution >= 4 is 11.8 Å². The van der Waals surface area contributed by atoms with E-state index in [1.54, 1.807) is 17.3 Å². The molecule has 0 fully saturated rings. The number of benzene rings is 2. The molecule has 0 bridgehead atoms. The van der Waals surface area contributed by atoms with Gasteiger partial charge in [-0.3, -0.25) is 14.6 Å². The molecule has 0 aliphatic heterocycles. The number of carbonyl (C=O) groups is 2. The number of amides is 2. The van der Waals surface area contributed by atoms with E-state index in [4.69, 9.17) is 0 Å². The van der Waals surface area contributed by atoms with E-state index in [-0.39, 0.29) is 11.8 Å². The van der Waals surface area contributed by atoms with Gasteiger partial charge in [-0.25, -0.2) is 0 Å². The SMILES string of the molecule is CCC(=O)N(Cc1ccccc1)C(Cc1ccccc1)C(=O)NCc1ccncc1. The fourth-order valence-corrected chi connectivity index (χ4v) is 3.34. The number of hydrogen-bond acceptors (Lipinski definition) is 3. The van der Waals surface area contributed by atoms with E-state index in [0.717, 1.165) is 16.7 Å². The molecule has 30 heavy (non-hydrogen) atoms. The molecule has 2 amide bonds. The van der Waals surface area contributed by atoms with Crippen LogP contribution in [0.5, 0.6) is 0 Å². The van der Waals surface area contributed by atoms with Crippen molar-refractivity contribution in [3.8, 4) is 0 Å². The van der Waals surface area contributed by atoms with Gasteiger partial charge in [0.05, 0.1) is 0 Å². The Hall–Kier alpha value is -3.47. The van der Waals surface area contributed by atoms with Gasteiger partial charge in [-0.1, -0.05) is 67.6 Å². The van der Waals surface area contributed by atoms with Gasteiger partial charge in [-0.2, -0.15) is 0 Å². The first-order valence-electron chi connectivity index (χ1n) is 10.2. The molecule has 3 rings (SSSR count). The van der Waals surface area contributed by atoms with Gasteiger partial charge in [-0.05, 0) is 28.8 Å². The standard InChI is InChI=1S/C25H27N3O2/c1-2-24(29)28(19-22-11-7-4-8-12-22)23(17-20-9-5-3-6-10-20)25(30)27-18-21-13-15-26-16-14-21/h3-16,23H,2,17-19H2,1H3,(H,27,30). The van der Waals surface area contributed by atoms with Crippen LogP contribution in [0.4, 0.5) is 0 Å². The summed E-state index contributed by atoms with van der Waals surface area (Å²) in [6.45, 7) is 2.62. The van der Waals surface area contributed by atoms with Gasteiger partial charge in [-0.15, -0.1) is 0 Å². The van der Waals surface area contributed by atoms with Crippen molar-refractivity contribution < 1.29 is 9.59 Å². The molecule has 5 heteroatoms. The predicted molar refractivity (Wildman–Crippen MR) is 117 cm³/mol. The van der Waals surface area contributed by atoms with Crippen molar-refractivity contribution in [2.75, 3.05) is 0 Å². The molecule has 0 spiro atoms. The maximum Gasteiger partial charge on any atom is 0.243 e. The quantitative estimate of drug-likeness (QED) is 0.594. The Kier molecular flexibility index (Phi) is 7.72. The number of hydrogen-bond donors (Lipinski definition) is 1. The minimum atomic E-state index is -0.595. The fourth-order valence-electron chi connectivity index (χ4n) is 3.34. The van der Waals surface area contributed by atoms with Gasteiger partial charge >= 0.3 is 0 Å². The van der Waals surface area contributed by atoms with Crippen molar-refractivity contribution in [2.45, 2.75) is 38.9 Å². The summed E-state index contributed by atoms with van der Waals surface area (Å²) in [7, 11) is 0. The van der Waals surface area contributed by atoms with Gasteiger partial charge in [0.25, 0.3) is 0 Å². The molecule has 1 atom stereocenters. The maximum absolute atomic E-state index is 13.3. The molecule has 1 N–H and O–H groups in total. The highest BCUT2D eigenvalue weighted by Gasteiger charge is 2.29. The van der Waals surface area contributed by atoms with Crippen LogP contribution in [0.3, 0.4) is 0 Å². The Morgan fingerprint density at radius 3 is 2.07 bits per heavy atom. The molecule has 5 nitrogen and oxygen atoms in total. The Morgan fingerprint density at radius 2 is 1.47 bits per heavy atom. The zero-order valence-corrected chi connectivity index (χ0v) is 17.2. The molecule has 0 saturated heterocycles. The van der Waals surface area contributed by atoms with Crippen LogP contribution in [0.1, 0.15) is 30.0 Å². The monoisotopic (exact) mass is 401 g/mol. The summed E-state index contributed by atoms with van der Waals surface area (Å²) in [5, 5.41) is 3.00. The summed E-state index contributed by atoms with van der Waals surface area (Å²) in [6.07, 6.45) is 4.20. The topological polar surface area (TPSA) is 62.3 Å². The van der Waals surface area contributed by atoms with E-state index in [0.29, 0.717) is 25.9 Å². The molecule has 0 aliphatic rings. The second kappa shape index (κ2) is 10.9. The summed E-state index contributed by atoms with van der Waals surface area (Å²) in [5.74, 6) is -0.202. The Morgan fingerprint density at radius 1 is 0.867 bits per heavy atom. The van der Waals surface area contributed by atoms with Crippen LogP contribution in [-0.2, 0) is 29.1 Å². The third-order valence-corrected chi connectivity index (χ3v) is 4.99. The fraction of sp³-hybridized carbons (Fsp3) is 0.240. The summed E-state index contributed by atoms with van der Waals surface area (Å²) >= 11 is 0. The molecule has 1 heterocycles. The molecule has 2 aromatic carbocycles. The zero-order valence-electron chi connectivity index (χ0n) is 17.2. The number of nitrogens with zero attached hydrogens (tertiary/aromatic N) is 2. The van der Waals surface area contributed by atoms with Crippen LogP contribution in [0.15, 0.2) is 85.2 Å². The predicted octanol–water partition coefficient (Wildman–Crippen LogP) is 3.75. The zero-order chi connectivity index (χ0) is 21.2. The molecule has 154 valence electrons. The molecule has 1 unspecified atom stereocenters. The molecule has 1 aromatic heterocycles. The summed E-state index contributed by atoms with van der Waals surface area (Å²) in [4.78, 5) is 31.8. The third-order valence-electron chi connectivity index (χ3n) is 4.99. The highest BCUT2D eigenvalue weighted by atomic mass is 16.2. The summed E-state index contributed by atoms with van der Waals surface area (Å²) < 4.78 is 0. The minimum absolute atomic E-state index is 0.0427. The molecular formula is C25H27N3O2. The second-order valence-electron chi connectivity index (χ2n) is 7.14. The molecule has 0 aliphatic carbocycles. The lowest BCUT2D eigenvalue weighted by molar-refractivity contribution is -0.141. The van der Waals surface area contributed by atoms with E-state index in [1.165, 1.54) is 0 Å². The highest BCUT2D eigenvalue weighted by Crippen LogP contribution is 2.16. The van der Waals surface area contributed by atoms with Crippen molar-refractivity contribution in [1.82, 2.24) is 15.2 Å². The van der Waals surface area contributed by atoms with Gasteiger partial charge in [0.2, 0.25) is 11.8 Å². The molecular weight excluding hydrogens is 374 g/mol. The normalized spacial score (nSPS) is 11.5. The van der Waals surface area contributed by atoms with Crippen LogP contribution in [0.25, 0.3) is 0 Å². The van der Waals surface area contributed by atoms with Crippen LogP contribution in [0, 0.1) is 0 Å². The van der Waals surface area contributed by atoms with Crippen LogP contribution in [-0.4, -0.2) is 27.7 Å². The van der Waals surface area contributed by atoms with Gasteiger partial charge in [0.15, 0.2) is 0 Å². The lowest BCUT2D eigenvalue weighted by Crippen LogP contribution is -2.50. The number of carbonyl (C=O) groups excluding carboxylic acids is 2. The smallest absolute Gasteiger partial charge is 0.243 e.